The van der Waals surface area contributed by atoms with E-state index in [1.807, 2.05) is 6.92 Å². The smallest absolute Gasteiger partial charge is 0.341 e. The van der Waals surface area contributed by atoms with Crippen LogP contribution in [0.25, 0.3) is 0 Å². The Hall–Kier alpha value is -1.10. The van der Waals surface area contributed by atoms with Crippen molar-refractivity contribution in [3.63, 3.8) is 0 Å². The first-order valence-electron chi connectivity index (χ1n) is 4.69. The van der Waals surface area contributed by atoms with E-state index in [1.54, 1.807) is 6.20 Å². The minimum atomic E-state index is -1.19. The molecule has 0 atom stereocenters. The average molecular weight is 274 g/mol. The van der Waals surface area contributed by atoms with Crippen molar-refractivity contribution in [2.24, 2.45) is 0 Å². The lowest BCUT2D eigenvalue weighted by atomic mass is 10.2. The van der Waals surface area contributed by atoms with E-state index < -0.39 is 11.5 Å². The van der Waals surface area contributed by atoms with Gasteiger partial charge >= 0.3 is 5.97 Å². The number of halogens is 1. The zero-order valence-electron chi connectivity index (χ0n) is 8.36. The summed E-state index contributed by atoms with van der Waals surface area (Å²) in [6, 6.07) is 1.33. The summed E-state index contributed by atoms with van der Waals surface area (Å²) in [7, 11) is 0. The average Bonchev–Trinajstić information content (AvgIpc) is 2.18. The van der Waals surface area contributed by atoms with Crippen molar-refractivity contribution in [3.8, 4) is 0 Å². The van der Waals surface area contributed by atoms with Crippen LogP contribution in [-0.4, -0.2) is 15.6 Å². The van der Waals surface area contributed by atoms with Crippen LogP contribution in [0, 0.1) is 0 Å². The molecule has 82 valence electrons. The van der Waals surface area contributed by atoms with Gasteiger partial charge in [0.2, 0.25) is 0 Å². The number of carboxylic acid groups (broad SMARTS) is 1. The molecule has 1 heterocycles. The fourth-order valence-electron chi connectivity index (χ4n) is 1.25. The van der Waals surface area contributed by atoms with E-state index in [0.29, 0.717) is 11.0 Å². The molecule has 1 aromatic heterocycles. The highest BCUT2D eigenvalue weighted by Gasteiger charge is 2.11. The number of hydrogen-bond acceptors (Lipinski definition) is 2. The molecule has 1 rings (SSSR count). The number of hydrogen-bond donors (Lipinski definition) is 1. The summed E-state index contributed by atoms with van der Waals surface area (Å²) >= 11 is 3.18. The molecule has 0 aliphatic carbocycles. The van der Waals surface area contributed by atoms with Crippen LogP contribution in [0.1, 0.15) is 30.1 Å². The molecular formula is C10H12BrNO3. The topological polar surface area (TPSA) is 59.3 Å². The van der Waals surface area contributed by atoms with Gasteiger partial charge in [-0.25, -0.2) is 4.79 Å². The van der Waals surface area contributed by atoms with Crippen molar-refractivity contribution in [2.75, 3.05) is 0 Å². The molecule has 4 nitrogen and oxygen atoms in total. The molecule has 0 bridgehead atoms. The Bertz CT molecular complexity index is 425. The molecule has 0 saturated heterocycles. The lowest BCUT2D eigenvalue weighted by molar-refractivity contribution is 0.0694. The van der Waals surface area contributed by atoms with Gasteiger partial charge in [-0.2, -0.15) is 0 Å². The first-order valence-corrected chi connectivity index (χ1v) is 5.49. The van der Waals surface area contributed by atoms with Crippen molar-refractivity contribution in [3.05, 3.63) is 32.7 Å². The molecule has 15 heavy (non-hydrogen) atoms. The van der Waals surface area contributed by atoms with E-state index in [0.717, 1.165) is 12.8 Å². The standard InChI is InChI=1S/C10H12BrNO3/c1-2-3-4-12-6-7(11)5-8(9(12)13)10(14)15/h5-6H,2-4H2,1H3,(H,14,15). The SMILES string of the molecule is CCCCn1cc(Br)cc(C(=O)O)c1=O. The normalized spacial score (nSPS) is 10.3. The van der Waals surface area contributed by atoms with Gasteiger partial charge in [0.15, 0.2) is 0 Å². The summed E-state index contributed by atoms with van der Waals surface area (Å²) in [5.74, 6) is -1.19. The van der Waals surface area contributed by atoms with Crippen LogP contribution < -0.4 is 5.56 Å². The van der Waals surface area contributed by atoms with Crippen LogP contribution >= 0.6 is 15.9 Å². The number of unbranched alkanes of at least 4 members (excludes halogenated alkanes) is 1. The Kier molecular flexibility index (Phi) is 4.08. The fraction of sp³-hybridized carbons (Fsp3) is 0.400. The summed E-state index contributed by atoms with van der Waals surface area (Å²) in [5.41, 5.74) is -0.639. The van der Waals surface area contributed by atoms with Gasteiger partial charge in [-0.3, -0.25) is 4.79 Å². The van der Waals surface area contributed by atoms with Crippen LogP contribution in [0.2, 0.25) is 0 Å². The molecule has 0 spiro atoms. The van der Waals surface area contributed by atoms with E-state index in [9.17, 15) is 9.59 Å². The lowest BCUT2D eigenvalue weighted by Gasteiger charge is -2.06. The second-order valence-corrected chi connectivity index (χ2v) is 4.14. The molecule has 0 aromatic carbocycles. The van der Waals surface area contributed by atoms with Gasteiger partial charge in [0.25, 0.3) is 5.56 Å². The highest BCUT2D eigenvalue weighted by molar-refractivity contribution is 9.10. The molecule has 0 aliphatic heterocycles. The maximum atomic E-state index is 11.6. The van der Waals surface area contributed by atoms with Crippen LogP contribution in [0.3, 0.4) is 0 Å². The van der Waals surface area contributed by atoms with Gasteiger partial charge in [0.05, 0.1) is 0 Å². The first kappa shape index (κ1) is 12.0. The Morgan fingerprint density at radius 3 is 2.80 bits per heavy atom. The second kappa shape index (κ2) is 5.11. The predicted octanol–water partition coefficient (Wildman–Crippen LogP) is 2.11. The number of nitrogens with zero attached hydrogens (tertiary/aromatic N) is 1. The number of carbonyl (C=O) groups is 1. The van der Waals surface area contributed by atoms with Gasteiger partial charge in [-0.15, -0.1) is 0 Å². The summed E-state index contributed by atoms with van der Waals surface area (Å²) in [6.07, 6.45) is 3.43. The highest BCUT2D eigenvalue weighted by Crippen LogP contribution is 2.09. The third-order valence-corrected chi connectivity index (χ3v) is 2.47. The van der Waals surface area contributed by atoms with E-state index in [4.69, 9.17) is 5.11 Å². The molecule has 1 N–H and O–H groups in total. The maximum absolute atomic E-state index is 11.6. The van der Waals surface area contributed by atoms with Crippen LogP contribution in [0.5, 0.6) is 0 Å². The summed E-state index contributed by atoms with van der Waals surface area (Å²) in [6.45, 7) is 2.57. The number of aromatic carboxylic acids is 1. The molecule has 0 amide bonds. The summed E-state index contributed by atoms with van der Waals surface area (Å²) < 4.78 is 2.03. The highest BCUT2D eigenvalue weighted by atomic mass is 79.9. The van der Waals surface area contributed by atoms with Crippen LogP contribution in [-0.2, 0) is 6.54 Å². The molecule has 0 aliphatic rings. The summed E-state index contributed by atoms with van der Waals surface area (Å²) in [4.78, 5) is 22.4. The minimum absolute atomic E-state index is 0.194. The fourth-order valence-corrected chi connectivity index (χ4v) is 1.72. The molecule has 5 heteroatoms. The Labute approximate surface area is 95.7 Å². The van der Waals surface area contributed by atoms with Gasteiger partial charge in [0.1, 0.15) is 5.56 Å². The molecule has 1 aromatic rings. The van der Waals surface area contributed by atoms with Crippen LogP contribution in [0.4, 0.5) is 0 Å². The van der Waals surface area contributed by atoms with Gasteiger partial charge in [-0.05, 0) is 28.4 Å². The predicted molar refractivity (Wildman–Crippen MR) is 60.3 cm³/mol. The zero-order chi connectivity index (χ0) is 11.4. The van der Waals surface area contributed by atoms with Crippen molar-refractivity contribution in [2.45, 2.75) is 26.3 Å². The van der Waals surface area contributed by atoms with E-state index in [2.05, 4.69) is 15.9 Å². The first-order chi connectivity index (χ1) is 7.06. The van der Waals surface area contributed by atoms with Crippen molar-refractivity contribution in [1.82, 2.24) is 4.57 Å². The number of aryl methyl sites for hydroxylation is 1. The molecule has 0 saturated carbocycles. The summed E-state index contributed by atoms with van der Waals surface area (Å²) in [5, 5.41) is 8.81. The van der Waals surface area contributed by atoms with Crippen molar-refractivity contribution < 1.29 is 9.90 Å². The minimum Gasteiger partial charge on any atom is -0.477 e. The number of carboxylic acids is 1. The Balaban J connectivity index is 3.17. The van der Waals surface area contributed by atoms with E-state index in [-0.39, 0.29) is 5.56 Å². The number of rotatable bonds is 4. The molecular weight excluding hydrogens is 262 g/mol. The monoisotopic (exact) mass is 273 g/mol. The number of pyridine rings is 1. The third-order valence-electron chi connectivity index (χ3n) is 2.04. The van der Waals surface area contributed by atoms with Crippen molar-refractivity contribution in [1.29, 1.82) is 0 Å². The Morgan fingerprint density at radius 2 is 2.27 bits per heavy atom. The number of aromatic nitrogens is 1. The van der Waals surface area contributed by atoms with Gasteiger partial charge in [-0.1, -0.05) is 13.3 Å². The largest absolute Gasteiger partial charge is 0.477 e. The lowest BCUT2D eigenvalue weighted by Crippen LogP contribution is -2.26. The molecule has 0 unspecified atom stereocenters. The van der Waals surface area contributed by atoms with Crippen molar-refractivity contribution >= 4 is 21.9 Å². The second-order valence-electron chi connectivity index (χ2n) is 3.23. The molecule has 0 radical (unpaired) electrons. The zero-order valence-corrected chi connectivity index (χ0v) is 9.95. The molecule has 0 fully saturated rings. The van der Waals surface area contributed by atoms with E-state index in [1.165, 1.54) is 10.6 Å². The quantitative estimate of drug-likeness (QED) is 0.914. The van der Waals surface area contributed by atoms with Crippen LogP contribution in [0.15, 0.2) is 21.5 Å². The van der Waals surface area contributed by atoms with Gasteiger partial charge < -0.3 is 9.67 Å². The maximum Gasteiger partial charge on any atom is 0.341 e. The third kappa shape index (κ3) is 2.92. The Morgan fingerprint density at radius 1 is 1.60 bits per heavy atom. The van der Waals surface area contributed by atoms with Gasteiger partial charge in [0, 0.05) is 17.2 Å². The van der Waals surface area contributed by atoms with E-state index >= 15 is 0 Å².